The van der Waals surface area contributed by atoms with Gasteiger partial charge in [-0.3, -0.25) is 14.5 Å². The Kier molecular flexibility index (Phi) is 6.75. The van der Waals surface area contributed by atoms with Crippen LogP contribution in [-0.4, -0.2) is 54.4 Å². The minimum Gasteiger partial charge on any atom is -0.369 e. The number of nitrogens with two attached hydrogens (primary N) is 1. The van der Waals surface area contributed by atoms with E-state index in [1.807, 2.05) is 30.5 Å². The average Bonchev–Trinajstić information content (AvgIpc) is 3.19. The van der Waals surface area contributed by atoms with E-state index in [1.165, 1.54) is 18.2 Å². The number of amides is 2. The minimum absolute atomic E-state index is 0.0496. The Hall–Kier alpha value is -3.32. The predicted molar refractivity (Wildman–Crippen MR) is 129 cm³/mol. The molecule has 7 heteroatoms. The molecule has 0 bridgehead atoms. The van der Waals surface area contributed by atoms with Gasteiger partial charge in [0.05, 0.1) is 0 Å². The van der Waals surface area contributed by atoms with Crippen LogP contribution in [-0.2, 0) is 11.2 Å². The van der Waals surface area contributed by atoms with E-state index < -0.39 is 0 Å². The molecule has 0 unspecified atom stereocenters. The van der Waals surface area contributed by atoms with Crippen LogP contribution in [0.4, 0.5) is 11.4 Å². The van der Waals surface area contributed by atoms with Gasteiger partial charge in [-0.15, -0.1) is 0 Å². The molecule has 0 spiro atoms. The highest BCUT2D eigenvalue weighted by Crippen LogP contribution is 2.22. The van der Waals surface area contributed by atoms with Crippen molar-refractivity contribution in [2.45, 2.75) is 26.2 Å². The molecular formula is C25H31N5O2. The second-order valence-corrected chi connectivity index (χ2v) is 8.45. The van der Waals surface area contributed by atoms with Gasteiger partial charge in [-0.05, 0) is 73.8 Å². The molecule has 1 aromatic heterocycles. The zero-order chi connectivity index (χ0) is 22.5. The number of fused-ring (bicyclic) bond motifs is 1. The van der Waals surface area contributed by atoms with Crippen molar-refractivity contribution in [1.82, 2.24) is 9.88 Å². The molecule has 0 saturated carbocycles. The molecule has 2 aromatic carbocycles. The first-order chi connectivity index (χ1) is 15.5. The van der Waals surface area contributed by atoms with E-state index in [0.717, 1.165) is 68.6 Å². The number of benzene rings is 2. The number of aryl methyl sites for hydroxylation is 1. The fourth-order valence-electron chi connectivity index (χ4n) is 4.38. The lowest BCUT2D eigenvalue weighted by molar-refractivity contribution is -0.114. The van der Waals surface area contributed by atoms with Crippen molar-refractivity contribution < 1.29 is 9.59 Å². The number of carbonyl (C=O) groups excluding carboxylic acids is 2. The predicted octanol–water partition coefficient (Wildman–Crippen LogP) is 3.37. The Morgan fingerprint density at radius 3 is 2.47 bits per heavy atom. The Bertz CT molecular complexity index is 1080. The molecule has 7 nitrogen and oxygen atoms in total. The average molecular weight is 434 g/mol. The maximum absolute atomic E-state index is 11.5. The number of primary amides is 1. The van der Waals surface area contributed by atoms with E-state index in [-0.39, 0.29) is 11.8 Å². The summed E-state index contributed by atoms with van der Waals surface area (Å²) in [4.78, 5) is 30.8. The lowest BCUT2D eigenvalue weighted by atomic mass is 10.0. The van der Waals surface area contributed by atoms with Gasteiger partial charge in [0.2, 0.25) is 11.8 Å². The van der Waals surface area contributed by atoms with Gasteiger partial charge < -0.3 is 20.9 Å². The second kappa shape index (κ2) is 9.87. The van der Waals surface area contributed by atoms with Crippen molar-refractivity contribution in [2.75, 3.05) is 42.9 Å². The minimum atomic E-state index is -0.387. The Morgan fingerprint density at radius 2 is 1.78 bits per heavy atom. The van der Waals surface area contributed by atoms with Crippen LogP contribution in [0, 0.1) is 0 Å². The van der Waals surface area contributed by atoms with Gasteiger partial charge in [0.1, 0.15) is 0 Å². The number of piperazine rings is 1. The number of hydrogen-bond acceptors (Lipinski definition) is 4. The third kappa shape index (κ3) is 5.29. The number of rotatable bonds is 8. The fourth-order valence-corrected chi connectivity index (χ4v) is 4.38. The second-order valence-electron chi connectivity index (χ2n) is 8.45. The van der Waals surface area contributed by atoms with Crippen LogP contribution in [0.3, 0.4) is 0 Å². The number of H-pyrrole nitrogens is 1. The van der Waals surface area contributed by atoms with Gasteiger partial charge in [-0.2, -0.15) is 0 Å². The van der Waals surface area contributed by atoms with Crippen LogP contribution in [0.5, 0.6) is 0 Å². The lowest BCUT2D eigenvalue weighted by Gasteiger charge is -2.36. The van der Waals surface area contributed by atoms with Gasteiger partial charge in [0, 0.05) is 67.1 Å². The van der Waals surface area contributed by atoms with Crippen LogP contribution in [0.2, 0.25) is 0 Å². The number of unbranched alkanes of at least 4 members (excludes halogenated alkanes) is 1. The van der Waals surface area contributed by atoms with E-state index >= 15 is 0 Å². The molecule has 0 aliphatic carbocycles. The van der Waals surface area contributed by atoms with Crippen molar-refractivity contribution >= 4 is 34.1 Å². The van der Waals surface area contributed by atoms with Gasteiger partial charge in [-0.25, -0.2) is 0 Å². The number of aromatic amines is 1. The van der Waals surface area contributed by atoms with E-state index in [1.54, 1.807) is 6.07 Å². The molecular weight excluding hydrogens is 402 g/mol. The molecule has 1 aliphatic rings. The first kappa shape index (κ1) is 21.9. The van der Waals surface area contributed by atoms with E-state index in [2.05, 4.69) is 32.2 Å². The number of hydrogen-bond donors (Lipinski definition) is 3. The van der Waals surface area contributed by atoms with Crippen molar-refractivity contribution in [3.63, 3.8) is 0 Å². The molecule has 168 valence electrons. The molecule has 1 fully saturated rings. The topological polar surface area (TPSA) is 94.5 Å². The normalized spacial score (nSPS) is 14.6. The summed E-state index contributed by atoms with van der Waals surface area (Å²) in [6.45, 7) is 6.76. The highest BCUT2D eigenvalue weighted by molar-refractivity contribution is 5.97. The first-order valence-electron chi connectivity index (χ1n) is 11.2. The third-order valence-electron chi connectivity index (χ3n) is 6.15. The first-order valence-corrected chi connectivity index (χ1v) is 11.2. The SMILES string of the molecule is CC(=O)Nc1ccc(N2CCN(CCCCc3c[nH]c4ccc(C(N)=O)cc34)CC2)cc1. The summed E-state index contributed by atoms with van der Waals surface area (Å²) in [5.41, 5.74) is 10.3. The molecule has 1 aliphatic heterocycles. The zero-order valence-electron chi connectivity index (χ0n) is 18.6. The van der Waals surface area contributed by atoms with Crippen LogP contribution in [0.1, 0.15) is 35.7 Å². The number of nitrogens with zero attached hydrogens (tertiary/aromatic N) is 2. The summed E-state index contributed by atoms with van der Waals surface area (Å²) >= 11 is 0. The number of carbonyl (C=O) groups is 2. The van der Waals surface area contributed by atoms with Crippen molar-refractivity contribution in [3.8, 4) is 0 Å². The maximum Gasteiger partial charge on any atom is 0.248 e. The molecule has 1 saturated heterocycles. The van der Waals surface area contributed by atoms with Crippen LogP contribution < -0.4 is 16.0 Å². The molecule has 4 N–H and O–H groups in total. The standard InChI is InChI=1S/C25H31N5O2/c1-18(31)28-21-6-8-22(9-7-21)30-14-12-29(13-15-30)11-3-2-4-20-17-27-24-10-5-19(25(26)32)16-23(20)24/h5-10,16-17,27H,2-4,11-15H2,1H3,(H2,26,32)(H,28,31). The van der Waals surface area contributed by atoms with Crippen LogP contribution in [0.25, 0.3) is 10.9 Å². The van der Waals surface area contributed by atoms with Gasteiger partial charge in [-0.1, -0.05) is 0 Å². The van der Waals surface area contributed by atoms with E-state index in [9.17, 15) is 9.59 Å². The Morgan fingerprint density at radius 1 is 1.03 bits per heavy atom. The zero-order valence-corrected chi connectivity index (χ0v) is 18.6. The summed E-state index contributed by atoms with van der Waals surface area (Å²) < 4.78 is 0. The molecule has 4 rings (SSSR count). The molecule has 0 atom stereocenters. The monoisotopic (exact) mass is 433 g/mol. The van der Waals surface area contributed by atoms with Gasteiger partial charge >= 0.3 is 0 Å². The number of aromatic nitrogens is 1. The Labute approximate surface area is 188 Å². The van der Waals surface area contributed by atoms with Crippen molar-refractivity contribution in [2.24, 2.45) is 5.73 Å². The van der Waals surface area contributed by atoms with Crippen molar-refractivity contribution in [1.29, 1.82) is 0 Å². The molecule has 32 heavy (non-hydrogen) atoms. The number of nitrogens with one attached hydrogen (secondary N) is 2. The molecule has 3 aromatic rings. The smallest absolute Gasteiger partial charge is 0.248 e. The highest BCUT2D eigenvalue weighted by atomic mass is 16.1. The summed E-state index contributed by atoms with van der Waals surface area (Å²) in [5, 5.41) is 3.91. The number of anilines is 2. The lowest BCUT2D eigenvalue weighted by Crippen LogP contribution is -2.46. The molecule has 2 amide bonds. The molecule has 2 heterocycles. The third-order valence-corrected chi connectivity index (χ3v) is 6.15. The fraction of sp³-hybridized carbons (Fsp3) is 0.360. The quantitative estimate of drug-likeness (QED) is 0.475. The van der Waals surface area contributed by atoms with E-state index in [4.69, 9.17) is 5.73 Å². The maximum atomic E-state index is 11.5. The van der Waals surface area contributed by atoms with Crippen molar-refractivity contribution in [3.05, 3.63) is 59.8 Å². The summed E-state index contributed by atoms with van der Waals surface area (Å²) in [6, 6.07) is 13.6. The summed E-state index contributed by atoms with van der Waals surface area (Å²) in [7, 11) is 0. The molecule has 0 radical (unpaired) electrons. The van der Waals surface area contributed by atoms with Gasteiger partial charge in [0.15, 0.2) is 0 Å². The highest BCUT2D eigenvalue weighted by Gasteiger charge is 2.17. The van der Waals surface area contributed by atoms with Crippen LogP contribution >= 0.6 is 0 Å². The largest absolute Gasteiger partial charge is 0.369 e. The summed E-state index contributed by atoms with van der Waals surface area (Å²) in [5.74, 6) is -0.437. The summed E-state index contributed by atoms with van der Waals surface area (Å²) in [6.07, 6.45) is 5.29. The Balaban J connectivity index is 1.21. The van der Waals surface area contributed by atoms with Crippen LogP contribution in [0.15, 0.2) is 48.7 Å². The van der Waals surface area contributed by atoms with Gasteiger partial charge in [0.25, 0.3) is 0 Å². The van der Waals surface area contributed by atoms with E-state index in [0.29, 0.717) is 5.56 Å².